The van der Waals surface area contributed by atoms with Gasteiger partial charge in [0.2, 0.25) is 0 Å². The molecule has 27 heavy (non-hydrogen) atoms. The van der Waals surface area contributed by atoms with Gasteiger partial charge in [-0.3, -0.25) is 19.9 Å². The Bertz CT molecular complexity index is 885. The number of aromatic nitrogens is 1. The van der Waals surface area contributed by atoms with Crippen LogP contribution in [0.5, 0.6) is 5.75 Å². The first kappa shape index (κ1) is 17.7. The van der Waals surface area contributed by atoms with E-state index in [1.807, 2.05) is 0 Å². The summed E-state index contributed by atoms with van der Waals surface area (Å²) in [6, 6.07) is 6.30. The maximum atomic E-state index is 12.3. The molecule has 0 radical (unpaired) electrons. The molecule has 4 atom stereocenters. The second-order valence-corrected chi connectivity index (χ2v) is 7.72. The number of nitrogens with one attached hydrogen (secondary N) is 1. The van der Waals surface area contributed by atoms with Crippen LogP contribution in [-0.2, 0) is 4.79 Å². The maximum Gasteiger partial charge on any atom is 0.279 e. The topological polar surface area (TPSA) is 94.4 Å². The van der Waals surface area contributed by atoms with Crippen LogP contribution in [0.2, 0.25) is 0 Å². The molecule has 1 aromatic carbocycles. The largest absolute Gasteiger partial charge is 0.481 e. The van der Waals surface area contributed by atoms with E-state index in [4.69, 9.17) is 4.74 Å². The fourth-order valence-electron chi connectivity index (χ4n) is 4.86. The number of fused-ring (bicyclic) bond motifs is 3. The summed E-state index contributed by atoms with van der Waals surface area (Å²) in [6.07, 6.45) is 6.69. The van der Waals surface area contributed by atoms with Gasteiger partial charge in [-0.2, -0.15) is 0 Å². The van der Waals surface area contributed by atoms with Crippen LogP contribution < -0.4 is 10.1 Å². The predicted octanol–water partition coefficient (Wildman–Crippen LogP) is 3.46. The Balaban J connectivity index is 1.40. The Kier molecular flexibility index (Phi) is 4.68. The zero-order valence-electron chi connectivity index (χ0n) is 15.3. The summed E-state index contributed by atoms with van der Waals surface area (Å²) in [5.41, 5.74) is 0.362. The van der Waals surface area contributed by atoms with E-state index in [0.717, 1.165) is 11.8 Å². The monoisotopic (exact) mass is 369 g/mol. The minimum Gasteiger partial charge on any atom is -0.481 e. The van der Waals surface area contributed by atoms with Crippen molar-refractivity contribution in [1.82, 2.24) is 10.3 Å². The Morgan fingerprint density at radius 3 is 2.93 bits per heavy atom. The Morgan fingerprint density at radius 2 is 2.22 bits per heavy atom. The summed E-state index contributed by atoms with van der Waals surface area (Å²) in [5.74, 6) is 2.35. The predicted molar refractivity (Wildman–Crippen MR) is 100 cm³/mol. The number of hydrogen-bond donors (Lipinski definition) is 1. The molecule has 4 rings (SSSR count). The number of carbonyl (C=O) groups is 1. The number of nitrogens with zero attached hydrogens (tertiary/aromatic N) is 2. The maximum absolute atomic E-state index is 12.3. The minimum absolute atomic E-state index is 0.0280. The lowest BCUT2D eigenvalue weighted by Gasteiger charge is -2.28. The van der Waals surface area contributed by atoms with Crippen LogP contribution >= 0.6 is 0 Å². The average Bonchev–Trinajstić information content (AvgIpc) is 3.29. The van der Waals surface area contributed by atoms with Crippen molar-refractivity contribution >= 4 is 22.5 Å². The molecular formula is C20H23N3O4. The van der Waals surface area contributed by atoms with Gasteiger partial charge in [-0.25, -0.2) is 0 Å². The molecule has 1 amide bonds. The van der Waals surface area contributed by atoms with Gasteiger partial charge >= 0.3 is 0 Å². The first-order chi connectivity index (χ1) is 13.0. The van der Waals surface area contributed by atoms with Crippen molar-refractivity contribution in [2.24, 2.45) is 17.8 Å². The molecule has 2 aliphatic rings. The van der Waals surface area contributed by atoms with Crippen molar-refractivity contribution in [1.29, 1.82) is 0 Å². The van der Waals surface area contributed by atoms with Crippen molar-refractivity contribution < 1.29 is 14.5 Å². The number of nitro benzene ring substituents is 1. The average molecular weight is 369 g/mol. The van der Waals surface area contributed by atoms with Crippen molar-refractivity contribution in [3.05, 3.63) is 40.6 Å². The van der Waals surface area contributed by atoms with Gasteiger partial charge in [-0.05, 0) is 62.1 Å². The fraction of sp³-hybridized carbons (Fsp3) is 0.500. The second-order valence-electron chi connectivity index (χ2n) is 7.72. The van der Waals surface area contributed by atoms with E-state index in [1.165, 1.54) is 37.8 Å². The normalized spacial score (nSPS) is 24.7. The molecule has 1 N–H and O–H groups in total. The highest BCUT2D eigenvalue weighted by molar-refractivity contribution is 5.92. The van der Waals surface area contributed by atoms with Crippen LogP contribution in [0.4, 0.5) is 5.69 Å². The summed E-state index contributed by atoms with van der Waals surface area (Å²) < 4.78 is 5.64. The standard InChI is InChI=1S/C20H23N3O4/c1-12(16-10-13-4-5-14(16)9-13)22-19(24)11-27-18-7-6-17(23(25)26)15-3-2-8-21-20(15)18/h2-3,6-8,12-14,16H,4-5,9-11H2,1H3,(H,22,24). The lowest BCUT2D eigenvalue weighted by atomic mass is 9.84. The first-order valence-corrected chi connectivity index (χ1v) is 9.47. The first-order valence-electron chi connectivity index (χ1n) is 9.47. The van der Waals surface area contributed by atoms with E-state index in [9.17, 15) is 14.9 Å². The number of ether oxygens (including phenoxy) is 1. The van der Waals surface area contributed by atoms with E-state index in [-0.39, 0.29) is 24.2 Å². The van der Waals surface area contributed by atoms with Gasteiger partial charge in [0.05, 0.1) is 10.3 Å². The van der Waals surface area contributed by atoms with E-state index < -0.39 is 4.92 Å². The van der Waals surface area contributed by atoms with Crippen LogP contribution in [-0.4, -0.2) is 28.5 Å². The van der Waals surface area contributed by atoms with Crippen LogP contribution in [0.3, 0.4) is 0 Å². The van der Waals surface area contributed by atoms with Crippen LogP contribution in [0, 0.1) is 27.9 Å². The quantitative estimate of drug-likeness (QED) is 0.621. The van der Waals surface area contributed by atoms with Crippen LogP contribution in [0.15, 0.2) is 30.5 Å². The molecule has 2 bridgehead atoms. The van der Waals surface area contributed by atoms with E-state index >= 15 is 0 Å². The molecule has 7 heteroatoms. The molecule has 2 saturated carbocycles. The summed E-state index contributed by atoms with van der Waals surface area (Å²) in [4.78, 5) is 27.2. The van der Waals surface area contributed by atoms with Crippen molar-refractivity contribution in [3.63, 3.8) is 0 Å². The number of pyridine rings is 1. The zero-order valence-corrected chi connectivity index (χ0v) is 15.3. The lowest BCUT2D eigenvalue weighted by molar-refractivity contribution is -0.383. The third-order valence-electron chi connectivity index (χ3n) is 6.09. The van der Waals surface area contributed by atoms with Crippen LogP contribution in [0.1, 0.15) is 32.6 Å². The van der Waals surface area contributed by atoms with E-state index in [2.05, 4.69) is 17.2 Å². The molecule has 7 nitrogen and oxygen atoms in total. The van der Waals surface area contributed by atoms with Gasteiger partial charge in [0.25, 0.3) is 11.6 Å². The van der Waals surface area contributed by atoms with E-state index in [0.29, 0.717) is 22.6 Å². The number of rotatable bonds is 6. The van der Waals surface area contributed by atoms with Gasteiger partial charge < -0.3 is 10.1 Å². The van der Waals surface area contributed by atoms with Gasteiger partial charge in [-0.15, -0.1) is 0 Å². The third-order valence-corrected chi connectivity index (χ3v) is 6.09. The molecule has 4 unspecified atom stereocenters. The molecular weight excluding hydrogens is 346 g/mol. The van der Waals surface area contributed by atoms with Gasteiger partial charge in [0, 0.05) is 18.3 Å². The molecule has 142 valence electrons. The highest BCUT2D eigenvalue weighted by Crippen LogP contribution is 2.49. The molecule has 1 aromatic heterocycles. The van der Waals surface area contributed by atoms with Gasteiger partial charge in [0.1, 0.15) is 11.3 Å². The lowest BCUT2D eigenvalue weighted by Crippen LogP contribution is -2.42. The Morgan fingerprint density at radius 1 is 1.37 bits per heavy atom. The van der Waals surface area contributed by atoms with E-state index in [1.54, 1.807) is 18.3 Å². The molecule has 0 saturated heterocycles. The Hall–Kier alpha value is -2.70. The molecule has 2 fully saturated rings. The van der Waals surface area contributed by atoms with Crippen LogP contribution in [0.25, 0.3) is 10.9 Å². The molecule has 0 aliphatic heterocycles. The molecule has 2 aliphatic carbocycles. The van der Waals surface area contributed by atoms with Gasteiger partial charge in [0.15, 0.2) is 6.61 Å². The highest BCUT2D eigenvalue weighted by Gasteiger charge is 2.42. The number of benzene rings is 1. The molecule has 0 spiro atoms. The third kappa shape index (κ3) is 3.46. The molecule has 2 aromatic rings. The summed E-state index contributed by atoms with van der Waals surface area (Å²) in [6.45, 7) is 1.95. The second kappa shape index (κ2) is 7.13. The molecule has 1 heterocycles. The number of hydrogen-bond acceptors (Lipinski definition) is 5. The van der Waals surface area contributed by atoms with Crippen molar-refractivity contribution in [2.45, 2.75) is 38.6 Å². The summed E-state index contributed by atoms with van der Waals surface area (Å²) in [7, 11) is 0. The number of nitro groups is 1. The summed E-state index contributed by atoms with van der Waals surface area (Å²) >= 11 is 0. The Labute approximate surface area is 157 Å². The van der Waals surface area contributed by atoms with Crippen molar-refractivity contribution in [2.75, 3.05) is 6.61 Å². The zero-order chi connectivity index (χ0) is 19.0. The van der Waals surface area contributed by atoms with Gasteiger partial charge in [-0.1, -0.05) is 6.42 Å². The number of carbonyl (C=O) groups excluding carboxylic acids is 1. The number of non-ortho nitro benzene ring substituents is 1. The minimum atomic E-state index is -0.447. The smallest absolute Gasteiger partial charge is 0.279 e. The number of amides is 1. The summed E-state index contributed by atoms with van der Waals surface area (Å²) in [5, 5.41) is 14.6. The SMILES string of the molecule is CC(NC(=O)COc1ccc([N+](=O)[O-])c2cccnc12)C1CC2CCC1C2. The fourth-order valence-corrected chi connectivity index (χ4v) is 4.86. The van der Waals surface area contributed by atoms with Crippen molar-refractivity contribution in [3.8, 4) is 5.75 Å². The highest BCUT2D eigenvalue weighted by atomic mass is 16.6.